The summed E-state index contributed by atoms with van der Waals surface area (Å²) in [5, 5.41) is 0. The van der Waals surface area contributed by atoms with Gasteiger partial charge in [0.25, 0.3) is 0 Å². The zero-order valence-corrected chi connectivity index (χ0v) is 11.8. The van der Waals surface area contributed by atoms with Crippen molar-refractivity contribution in [2.24, 2.45) is 0 Å². The zero-order chi connectivity index (χ0) is 14.5. The van der Waals surface area contributed by atoms with E-state index in [0.29, 0.717) is 18.3 Å². The number of ether oxygens (including phenoxy) is 1. The van der Waals surface area contributed by atoms with Crippen molar-refractivity contribution in [1.29, 1.82) is 0 Å². The molecule has 20 heavy (non-hydrogen) atoms. The van der Waals surface area contributed by atoms with E-state index in [0.717, 1.165) is 19.4 Å². The third kappa shape index (κ3) is 3.70. The van der Waals surface area contributed by atoms with Crippen molar-refractivity contribution in [1.82, 2.24) is 4.90 Å². The lowest BCUT2D eigenvalue weighted by atomic mass is 10.0. The number of nitrogen functional groups attached to an aromatic ring is 1. The first-order chi connectivity index (χ1) is 9.58. The molecular formula is C15H21FN2O2. The first-order valence-electron chi connectivity index (χ1n) is 7.00. The first kappa shape index (κ1) is 14.8. The van der Waals surface area contributed by atoms with Gasteiger partial charge in [-0.25, -0.2) is 9.18 Å². The Hall–Kier alpha value is -1.62. The number of anilines is 1. The minimum absolute atomic E-state index is 0.0954. The summed E-state index contributed by atoms with van der Waals surface area (Å²) in [6.07, 6.45) is 4.35. The van der Waals surface area contributed by atoms with E-state index in [1.54, 1.807) is 0 Å². The molecule has 1 fully saturated rings. The van der Waals surface area contributed by atoms with Gasteiger partial charge in [0.1, 0.15) is 5.82 Å². The standard InChI is InChI=1S/C15H21FN2O2/c1-18-8-3-2-4-12(18)7-9-20-15(19)13-10-11(17)5-6-14(13)16/h5-6,10,12H,2-4,7-9,17H2,1H3. The number of piperidine rings is 1. The molecule has 1 aromatic rings. The van der Waals surface area contributed by atoms with Gasteiger partial charge in [-0.2, -0.15) is 0 Å². The maximum absolute atomic E-state index is 13.5. The van der Waals surface area contributed by atoms with E-state index in [4.69, 9.17) is 10.5 Å². The number of carbonyl (C=O) groups is 1. The fourth-order valence-corrected chi connectivity index (χ4v) is 2.57. The zero-order valence-electron chi connectivity index (χ0n) is 11.8. The highest BCUT2D eigenvalue weighted by Gasteiger charge is 2.20. The highest BCUT2D eigenvalue weighted by atomic mass is 19.1. The predicted octanol–water partition coefficient (Wildman–Crippen LogP) is 2.44. The van der Waals surface area contributed by atoms with E-state index in [1.807, 2.05) is 0 Å². The molecule has 0 bridgehead atoms. The monoisotopic (exact) mass is 280 g/mol. The Morgan fingerprint density at radius 3 is 3.05 bits per heavy atom. The van der Waals surface area contributed by atoms with Gasteiger partial charge in [0.05, 0.1) is 12.2 Å². The van der Waals surface area contributed by atoms with Crippen molar-refractivity contribution < 1.29 is 13.9 Å². The van der Waals surface area contributed by atoms with Gasteiger partial charge >= 0.3 is 5.97 Å². The molecule has 2 rings (SSSR count). The number of esters is 1. The topological polar surface area (TPSA) is 55.6 Å². The van der Waals surface area contributed by atoms with Crippen LogP contribution in [0.25, 0.3) is 0 Å². The fourth-order valence-electron chi connectivity index (χ4n) is 2.57. The largest absolute Gasteiger partial charge is 0.462 e. The van der Waals surface area contributed by atoms with Crippen LogP contribution in [0.1, 0.15) is 36.0 Å². The molecule has 0 spiro atoms. The average molecular weight is 280 g/mol. The molecule has 1 aromatic carbocycles. The number of nitrogens with zero attached hydrogens (tertiary/aromatic N) is 1. The van der Waals surface area contributed by atoms with Gasteiger partial charge in [0.2, 0.25) is 0 Å². The lowest BCUT2D eigenvalue weighted by molar-refractivity contribution is 0.0445. The minimum Gasteiger partial charge on any atom is -0.462 e. The van der Waals surface area contributed by atoms with Gasteiger partial charge in [0, 0.05) is 11.7 Å². The fraction of sp³-hybridized carbons (Fsp3) is 0.533. The highest BCUT2D eigenvalue weighted by Crippen LogP contribution is 2.18. The second-order valence-corrected chi connectivity index (χ2v) is 5.29. The molecule has 5 heteroatoms. The van der Waals surface area contributed by atoms with Crippen LogP contribution in [0.15, 0.2) is 18.2 Å². The SMILES string of the molecule is CN1CCCCC1CCOC(=O)c1cc(N)ccc1F. The number of hydrogen-bond donors (Lipinski definition) is 1. The van der Waals surface area contributed by atoms with Crippen LogP contribution in [0.3, 0.4) is 0 Å². The van der Waals surface area contributed by atoms with E-state index < -0.39 is 11.8 Å². The molecule has 0 aromatic heterocycles. The van der Waals surface area contributed by atoms with Gasteiger partial charge in [-0.1, -0.05) is 6.42 Å². The number of rotatable bonds is 4. The van der Waals surface area contributed by atoms with Crippen molar-refractivity contribution >= 4 is 11.7 Å². The molecule has 1 aliphatic rings. The molecular weight excluding hydrogens is 259 g/mol. The van der Waals surface area contributed by atoms with Crippen molar-refractivity contribution in [2.75, 3.05) is 25.9 Å². The van der Waals surface area contributed by atoms with Crippen molar-refractivity contribution in [3.05, 3.63) is 29.6 Å². The Bertz CT molecular complexity index is 479. The maximum Gasteiger partial charge on any atom is 0.341 e. The van der Waals surface area contributed by atoms with Crippen LogP contribution in [0.5, 0.6) is 0 Å². The van der Waals surface area contributed by atoms with Crippen LogP contribution in [-0.4, -0.2) is 37.1 Å². The Morgan fingerprint density at radius 2 is 2.30 bits per heavy atom. The summed E-state index contributed by atoms with van der Waals surface area (Å²) < 4.78 is 18.7. The quantitative estimate of drug-likeness (QED) is 0.680. The summed E-state index contributed by atoms with van der Waals surface area (Å²) in [7, 11) is 2.09. The van der Waals surface area contributed by atoms with Crippen LogP contribution in [0, 0.1) is 5.82 Å². The van der Waals surface area contributed by atoms with Gasteiger partial charge < -0.3 is 15.4 Å². The third-order valence-electron chi connectivity index (χ3n) is 3.82. The molecule has 0 radical (unpaired) electrons. The van der Waals surface area contributed by atoms with E-state index in [-0.39, 0.29) is 5.56 Å². The predicted molar refractivity (Wildman–Crippen MR) is 76.0 cm³/mol. The van der Waals surface area contributed by atoms with E-state index in [9.17, 15) is 9.18 Å². The second-order valence-electron chi connectivity index (χ2n) is 5.29. The summed E-state index contributed by atoms with van der Waals surface area (Å²) in [4.78, 5) is 14.1. The normalized spacial score (nSPS) is 19.8. The molecule has 0 saturated carbocycles. The molecule has 110 valence electrons. The van der Waals surface area contributed by atoms with E-state index in [2.05, 4.69) is 11.9 Å². The Balaban J connectivity index is 1.84. The Kier molecular flexibility index (Phi) is 4.95. The summed E-state index contributed by atoms with van der Waals surface area (Å²) in [6.45, 7) is 1.39. The number of carbonyl (C=O) groups excluding carboxylic acids is 1. The summed E-state index contributed by atoms with van der Waals surface area (Å²) in [5.41, 5.74) is 5.80. The number of likely N-dealkylation sites (tertiary alicyclic amines) is 1. The van der Waals surface area contributed by atoms with Gasteiger partial charge in [-0.3, -0.25) is 0 Å². The molecule has 1 saturated heterocycles. The molecule has 1 aliphatic heterocycles. The van der Waals surface area contributed by atoms with Crippen LogP contribution in [0.4, 0.5) is 10.1 Å². The molecule has 4 nitrogen and oxygen atoms in total. The van der Waals surface area contributed by atoms with Crippen LogP contribution in [0.2, 0.25) is 0 Å². The summed E-state index contributed by atoms with van der Waals surface area (Å²) in [6, 6.07) is 4.36. The second kappa shape index (κ2) is 6.70. The third-order valence-corrected chi connectivity index (χ3v) is 3.82. The maximum atomic E-state index is 13.5. The Morgan fingerprint density at radius 1 is 1.50 bits per heavy atom. The van der Waals surface area contributed by atoms with E-state index >= 15 is 0 Å². The number of halogens is 1. The number of nitrogens with two attached hydrogens (primary N) is 1. The molecule has 1 unspecified atom stereocenters. The van der Waals surface area contributed by atoms with Crippen molar-refractivity contribution in [3.63, 3.8) is 0 Å². The van der Waals surface area contributed by atoms with Gasteiger partial charge in [-0.05, 0) is 51.1 Å². The number of benzene rings is 1. The smallest absolute Gasteiger partial charge is 0.341 e. The minimum atomic E-state index is -0.645. The Labute approximate surface area is 118 Å². The van der Waals surface area contributed by atoms with Gasteiger partial charge in [-0.15, -0.1) is 0 Å². The summed E-state index contributed by atoms with van der Waals surface area (Å²) in [5.74, 6) is -1.24. The first-order valence-corrected chi connectivity index (χ1v) is 7.00. The van der Waals surface area contributed by atoms with Gasteiger partial charge in [0.15, 0.2) is 0 Å². The molecule has 0 amide bonds. The molecule has 0 aliphatic carbocycles. The van der Waals surface area contributed by atoms with Crippen molar-refractivity contribution in [2.45, 2.75) is 31.7 Å². The molecule has 1 atom stereocenters. The molecule has 1 heterocycles. The van der Waals surface area contributed by atoms with Crippen LogP contribution in [-0.2, 0) is 4.74 Å². The average Bonchev–Trinajstić information content (AvgIpc) is 2.43. The van der Waals surface area contributed by atoms with Crippen LogP contribution >= 0.6 is 0 Å². The lowest BCUT2D eigenvalue weighted by Gasteiger charge is -2.32. The highest BCUT2D eigenvalue weighted by molar-refractivity contribution is 5.90. The molecule has 2 N–H and O–H groups in total. The lowest BCUT2D eigenvalue weighted by Crippen LogP contribution is -2.37. The van der Waals surface area contributed by atoms with Crippen LogP contribution < -0.4 is 5.73 Å². The van der Waals surface area contributed by atoms with Crippen molar-refractivity contribution in [3.8, 4) is 0 Å². The number of hydrogen-bond acceptors (Lipinski definition) is 4. The van der Waals surface area contributed by atoms with E-state index in [1.165, 1.54) is 31.0 Å². The summed E-state index contributed by atoms with van der Waals surface area (Å²) >= 11 is 0.